The molecule has 6 nitrogen and oxygen atoms in total. The number of alkyl halides is 3. The first-order chi connectivity index (χ1) is 13.5. The second-order valence-corrected chi connectivity index (χ2v) is 6.91. The van der Waals surface area contributed by atoms with Gasteiger partial charge in [0, 0.05) is 16.3 Å². The van der Waals surface area contributed by atoms with Gasteiger partial charge < -0.3 is 5.32 Å². The summed E-state index contributed by atoms with van der Waals surface area (Å²) in [7, 11) is 0. The number of benzene rings is 2. The molecule has 0 bridgehead atoms. The number of rotatable bonds is 2. The van der Waals surface area contributed by atoms with E-state index in [4.69, 9.17) is 11.6 Å². The first-order valence-electron chi connectivity index (χ1n) is 8.15. The Morgan fingerprint density at radius 1 is 1.00 bits per heavy atom. The van der Waals surface area contributed by atoms with Gasteiger partial charge in [-0.2, -0.15) is 13.2 Å². The van der Waals surface area contributed by atoms with Crippen molar-refractivity contribution in [2.75, 3.05) is 5.32 Å². The number of anilines is 1. The van der Waals surface area contributed by atoms with Crippen LogP contribution in [0.15, 0.2) is 36.4 Å². The lowest BCUT2D eigenvalue weighted by Crippen LogP contribution is -2.51. The molecule has 1 atom stereocenters. The van der Waals surface area contributed by atoms with Crippen molar-refractivity contribution in [2.45, 2.75) is 18.3 Å². The summed E-state index contributed by atoms with van der Waals surface area (Å²) in [6.45, 7) is -0.594. The van der Waals surface area contributed by atoms with Crippen LogP contribution < -0.4 is 10.6 Å². The maximum atomic E-state index is 13.8. The molecule has 0 radical (unpaired) electrons. The Hall–Kier alpha value is -3.14. The maximum absolute atomic E-state index is 13.8. The van der Waals surface area contributed by atoms with Crippen molar-refractivity contribution >= 4 is 35.1 Å². The molecule has 1 spiro atoms. The number of urea groups is 1. The molecule has 2 aromatic rings. The topological polar surface area (TPSA) is 78.5 Å². The molecule has 2 aliphatic heterocycles. The molecule has 4 amide bonds. The third-order valence-electron chi connectivity index (χ3n) is 4.85. The molecule has 4 rings (SSSR count). The quantitative estimate of drug-likeness (QED) is 0.438. The zero-order valence-electron chi connectivity index (χ0n) is 14.2. The summed E-state index contributed by atoms with van der Waals surface area (Å²) in [5.74, 6) is -2.72. The summed E-state index contributed by atoms with van der Waals surface area (Å²) in [5.41, 5.74) is -3.41. The van der Waals surface area contributed by atoms with Crippen molar-refractivity contribution in [3.8, 4) is 0 Å². The van der Waals surface area contributed by atoms with E-state index in [1.807, 2.05) is 5.32 Å². The van der Waals surface area contributed by atoms with Gasteiger partial charge in [-0.15, -0.1) is 0 Å². The number of amides is 4. The number of fused-ring (bicyclic) bond motifs is 2. The normalized spacial score (nSPS) is 20.9. The molecule has 0 aliphatic carbocycles. The average molecular weight is 428 g/mol. The van der Waals surface area contributed by atoms with Gasteiger partial charge in [0.2, 0.25) is 5.54 Å². The van der Waals surface area contributed by atoms with E-state index in [9.17, 15) is 31.9 Å². The van der Waals surface area contributed by atoms with Crippen molar-refractivity contribution in [3.05, 3.63) is 63.9 Å². The van der Waals surface area contributed by atoms with Gasteiger partial charge in [-0.05, 0) is 42.0 Å². The molecule has 2 aliphatic rings. The van der Waals surface area contributed by atoms with Crippen LogP contribution in [0, 0.1) is 5.82 Å². The van der Waals surface area contributed by atoms with Crippen LogP contribution in [0.3, 0.4) is 0 Å². The first kappa shape index (κ1) is 19.2. The minimum atomic E-state index is -4.67. The van der Waals surface area contributed by atoms with Gasteiger partial charge in [0.1, 0.15) is 5.82 Å². The molecule has 11 heteroatoms. The van der Waals surface area contributed by atoms with Gasteiger partial charge in [0.15, 0.2) is 0 Å². The van der Waals surface area contributed by atoms with Crippen molar-refractivity contribution in [3.63, 3.8) is 0 Å². The molecule has 0 unspecified atom stereocenters. The lowest BCUT2D eigenvalue weighted by atomic mass is 9.89. The Balaban J connectivity index is 1.85. The van der Waals surface area contributed by atoms with Crippen LogP contribution in [-0.4, -0.2) is 22.7 Å². The summed E-state index contributed by atoms with van der Waals surface area (Å²) < 4.78 is 53.0. The van der Waals surface area contributed by atoms with E-state index < -0.39 is 47.5 Å². The molecular weight excluding hydrogens is 418 g/mol. The number of hydrogen-bond acceptors (Lipinski definition) is 3. The third-order valence-corrected chi connectivity index (χ3v) is 5.22. The van der Waals surface area contributed by atoms with E-state index in [1.165, 1.54) is 6.07 Å². The molecule has 0 aromatic heterocycles. The number of hydrogen-bond donors (Lipinski definition) is 2. The van der Waals surface area contributed by atoms with Gasteiger partial charge in [-0.3, -0.25) is 19.8 Å². The summed E-state index contributed by atoms with van der Waals surface area (Å²) in [4.78, 5) is 38.6. The number of nitrogens with one attached hydrogen (secondary N) is 2. The zero-order valence-corrected chi connectivity index (χ0v) is 15.0. The summed E-state index contributed by atoms with van der Waals surface area (Å²) >= 11 is 5.99. The minimum absolute atomic E-state index is 0.0989. The van der Waals surface area contributed by atoms with E-state index in [0.29, 0.717) is 0 Å². The summed E-state index contributed by atoms with van der Waals surface area (Å²) in [6.07, 6.45) is -4.67. The number of halogens is 5. The lowest BCUT2D eigenvalue weighted by molar-refractivity contribution is -0.139. The Labute approximate surface area is 165 Å². The maximum Gasteiger partial charge on any atom is 0.416 e. The average Bonchev–Trinajstić information content (AvgIpc) is 3.05. The van der Waals surface area contributed by atoms with Gasteiger partial charge in [-0.1, -0.05) is 11.6 Å². The lowest BCUT2D eigenvalue weighted by Gasteiger charge is -2.30. The second-order valence-electron chi connectivity index (χ2n) is 6.50. The smallest absolute Gasteiger partial charge is 0.323 e. The molecule has 2 aromatic carbocycles. The van der Waals surface area contributed by atoms with E-state index in [2.05, 4.69) is 5.32 Å². The van der Waals surface area contributed by atoms with Crippen molar-refractivity contribution in [2.24, 2.45) is 0 Å². The SMILES string of the molecule is O=C1NC(=O)[C@@]2(C(=O)Nc3ccc(F)cc32)N1Cc1cc(C(F)(F)F)ccc1Cl. The highest BCUT2D eigenvalue weighted by Crippen LogP contribution is 2.45. The Morgan fingerprint density at radius 2 is 1.69 bits per heavy atom. The zero-order chi connectivity index (χ0) is 21.1. The first-order valence-corrected chi connectivity index (χ1v) is 8.53. The predicted molar refractivity (Wildman–Crippen MR) is 92.2 cm³/mol. The molecule has 1 fully saturated rings. The molecule has 1 saturated heterocycles. The molecular formula is C18H10ClF4N3O3. The third kappa shape index (κ3) is 2.74. The van der Waals surface area contributed by atoms with E-state index in [-0.39, 0.29) is 21.8 Å². The Bertz CT molecular complexity index is 1090. The van der Waals surface area contributed by atoms with Crippen LogP contribution >= 0.6 is 11.6 Å². The Morgan fingerprint density at radius 3 is 2.38 bits per heavy atom. The van der Waals surface area contributed by atoms with Gasteiger partial charge in [0.05, 0.1) is 12.1 Å². The van der Waals surface area contributed by atoms with Crippen LogP contribution in [0.4, 0.5) is 28.0 Å². The van der Waals surface area contributed by atoms with Crippen LogP contribution in [0.2, 0.25) is 5.02 Å². The standard InChI is InChI=1S/C18H10ClF4N3O3/c19-12-3-1-9(18(21,22)23)5-8(12)7-26-16(29)25-15(28)17(26)11-6-10(20)2-4-13(11)24-14(17)27/h1-6H,7H2,(H,24,27)(H,25,28,29)/t17-/m1/s1. The molecule has 2 N–H and O–H groups in total. The van der Waals surface area contributed by atoms with E-state index in [0.717, 1.165) is 35.2 Å². The molecule has 0 saturated carbocycles. The second kappa shape index (κ2) is 6.18. The monoisotopic (exact) mass is 427 g/mol. The number of carbonyl (C=O) groups is 3. The highest BCUT2D eigenvalue weighted by molar-refractivity contribution is 6.31. The highest BCUT2D eigenvalue weighted by Gasteiger charge is 2.63. The number of carbonyl (C=O) groups excluding carboxylic acids is 3. The van der Waals surface area contributed by atoms with Crippen LogP contribution in [0.25, 0.3) is 0 Å². The molecule has 29 heavy (non-hydrogen) atoms. The van der Waals surface area contributed by atoms with Gasteiger partial charge in [-0.25, -0.2) is 9.18 Å². The van der Waals surface area contributed by atoms with E-state index >= 15 is 0 Å². The van der Waals surface area contributed by atoms with Gasteiger partial charge in [0.25, 0.3) is 11.8 Å². The number of imide groups is 1. The summed E-state index contributed by atoms with van der Waals surface area (Å²) in [5, 5.41) is 4.28. The largest absolute Gasteiger partial charge is 0.416 e. The number of nitrogens with zero attached hydrogens (tertiary/aromatic N) is 1. The fourth-order valence-corrected chi connectivity index (χ4v) is 3.69. The molecule has 2 heterocycles. The fraction of sp³-hybridized carbons (Fsp3) is 0.167. The predicted octanol–water partition coefficient (Wildman–Crippen LogP) is 3.40. The summed E-state index contributed by atoms with van der Waals surface area (Å²) in [6, 6.07) is 4.69. The van der Waals surface area contributed by atoms with Gasteiger partial charge >= 0.3 is 12.2 Å². The molecule has 150 valence electrons. The van der Waals surface area contributed by atoms with Crippen molar-refractivity contribution in [1.82, 2.24) is 10.2 Å². The Kier molecular flexibility index (Phi) is 4.09. The van der Waals surface area contributed by atoms with Crippen molar-refractivity contribution in [1.29, 1.82) is 0 Å². The minimum Gasteiger partial charge on any atom is -0.323 e. The van der Waals surface area contributed by atoms with E-state index in [1.54, 1.807) is 0 Å². The highest BCUT2D eigenvalue weighted by atomic mass is 35.5. The van der Waals surface area contributed by atoms with Crippen LogP contribution in [0.1, 0.15) is 16.7 Å². The fourth-order valence-electron chi connectivity index (χ4n) is 3.52. The van der Waals surface area contributed by atoms with Crippen LogP contribution in [0.5, 0.6) is 0 Å². The van der Waals surface area contributed by atoms with Crippen LogP contribution in [-0.2, 0) is 27.8 Å². The van der Waals surface area contributed by atoms with Crippen molar-refractivity contribution < 1.29 is 31.9 Å².